The number of aryl methyl sites for hydroxylation is 1. The molecule has 0 spiro atoms. The summed E-state index contributed by atoms with van der Waals surface area (Å²) in [6.45, 7) is 10.6. The highest BCUT2D eigenvalue weighted by atomic mass is 16.5. The molecule has 0 aliphatic carbocycles. The number of carbonyl (C=O) groups excluding carboxylic acids is 2. The van der Waals surface area contributed by atoms with Crippen LogP contribution in [0, 0.1) is 0 Å². The van der Waals surface area contributed by atoms with Crippen LogP contribution >= 0.6 is 0 Å². The van der Waals surface area contributed by atoms with Gasteiger partial charge in [-0.2, -0.15) is 0 Å². The number of carbonyl (C=O) groups is 2. The largest absolute Gasteiger partial charge is 0.494 e. The molecule has 0 bridgehead atoms. The highest BCUT2D eigenvalue weighted by molar-refractivity contribution is 6.17. The Bertz CT molecular complexity index is 1110. The maximum absolute atomic E-state index is 13.6. The van der Waals surface area contributed by atoms with Crippen LogP contribution in [0.3, 0.4) is 0 Å². The first-order valence-electron chi connectivity index (χ1n) is 13.9. The van der Waals surface area contributed by atoms with Gasteiger partial charge < -0.3 is 19.4 Å². The van der Waals surface area contributed by atoms with E-state index in [-0.39, 0.29) is 5.78 Å². The highest BCUT2D eigenvalue weighted by Crippen LogP contribution is 2.32. The van der Waals surface area contributed by atoms with Gasteiger partial charge in [-0.15, -0.1) is 0 Å². The van der Waals surface area contributed by atoms with E-state index in [4.69, 9.17) is 9.15 Å². The Balaban J connectivity index is 1.67. The minimum absolute atomic E-state index is 0.0813. The van der Waals surface area contributed by atoms with Crippen LogP contribution in [0.25, 0.3) is 11.0 Å². The second-order valence-electron chi connectivity index (χ2n) is 9.58. The predicted octanol–water partition coefficient (Wildman–Crippen LogP) is 7.25. The summed E-state index contributed by atoms with van der Waals surface area (Å²) < 4.78 is 12.1. The summed E-state index contributed by atoms with van der Waals surface area (Å²) in [5.41, 5.74) is 2.45. The summed E-state index contributed by atoms with van der Waals surface area (Å²) in [5.74, 6) is 1.38. The Labute approximate surface area is 221 Å². The van der Waals surface area contributed by atoms with Crippen molar-refractivity contribution in [1.29, 1.82) is 0 Å². The number of amides is 1. The standard InChI is InChI=1S/C31H42N2O4/c1-4-7-11-29-30(27-22-25(32-23-34)14-17-28(27)37-29)31(35)24-12-15-26(16-13-24)36-21-10-20-33(18-8-5-2)19-9-6-3/h12-17,22-23H,4-11,18-21H2,1-3H3,(H,32,34). The van der Waals surface area contributed by atoms with Crippen molar-refractivity contribution in [1.82, 2.24) is 4.90 Å². The number of fused-ring (bicyclic) bond motifs is 1. The number of anilines is 1. The Kier molecular flexibility index (Phi) is 11.7. The zero-order chi connectivity index (χ0) is 26.5. The summed E-state index contributed by atoms with van der Waals surface area (Å²) in [6, 6.07) is 12.8. The summed E-state index contributed by atoms with van der Waals surface area (Å²) in [6.07, 6.45) is 9.15. The lowest BCUT2D eigenvalue weighted by molar-refractivity contribution is -0.105. The number of nitrogens with zero attached hydrogens (tertiary/aromatic N) is 1. The fourth-order valence-electron chi connectivity index (χ4n) is 4.49. The molecule has 3 rings (SSSR count). The van der Waals surface area contributed by atoms with E-state index in [0.717, 1.165) is 50.0 Å². The molecule has 0 atom stereocenters. The Hall–Kier alpha value is -3.12. The van der Waals surface area contributed by atoms with Crippen LogP contribution in [0.2, 0.25) is 0 Å². The topological polar surface area (TPSA) is 71.8 Å². The molecule has 2 aromatic carbocycles. The molecule has 6 nitrogen and oxygen atoms in total. The van der Waals surface area contributed by atoms with Crippen molar-refractivity contribution in [3.63, 3.8) is 0 Å². The third kappa shape index (κ3) is 8.19. The molecule has 0 aliphatic rings. The van der Waals surface area contributed by atoms with Crippen LogP contribution in [-0.4, -0.2) is 43.3 Å². The molecule has 0 aliphatic heterocycles. The van der Waals surface area contributed by atoms with Crippen molar-refractivity contribution in [2.75, 3.05) is 31.6 Å². The van der Waals surface area contributed by atoms with Gasteiger partial charge in [-0.25, -0.2) is 0 Å². The lowest BCUT2D eigenvalue weighted by atomic mass is 9.98. The molecule has 1 N–H and O–H groups in total. The quantitative estimate of drug-likeness (QED) is 0.112. The van der Waals surface area contributed by atoms with Gasteiger partial charge in [0, 0.05) is 29.6 Å². The van der Waals surface area contributed by atoms with Crippen molar-refractivity contribution in [3.8, 4) is 5.75 Å². The van der Waals surface area contributed by atoms with Gasteiger partial charge in [-0.05, 0) is 81.2 Å². The van der Waals surface area contributed by atoms with Crippen molar-refractivity contribution in [2.24, 2.45) is 0 Å². The van der Waals surface area contributed by atoms with Gasteiger partial charge in [0.15, 0.2) is 5.78 Å². The van der Waals surface area contributed by atoms with Gasteiger partial charge in [0.05, 0.1) is 12.2 Å². The molecule has 1 aromatic heterocycles. The van der Waals surface area contributed by atoms with E-state index in [0.29, 0.717) is 47.6 Å². The SMILES string of the molecule is CCCCc1oc2ccc(NC=O)cc2c1C(=O)c1ccc(OCCCN(CCCC)CCCC)cc1. The van der Waals surface area contributed by atoms with E-state index >= 15 is 0 Å². The third-order valence-corrected chi connectivity index (χ3v) is 6.63. The van der Waals surface area contributed by atoms with Crippen LogP contribution in [0.15, 0.2) is 46.9 Å². The highest BCUT2D eigenvalue weighted by Gasteiger charge is 2.22. The van der Waals surface area contributed by atoms with E-state index in [1.54, 1.807) is 18.2 Å². The van der Waals surface area contributed by atoms with E-state index in [1.807, 2.05) is 24.3 Å². The molecule has 37 heavy (non-hydrogen) atoms. The van der Waals surface area contributed by atoms with Crippen LogP contribution in [0.5, 0.6) is 5.75 Å². The van der Waals surface area contributed by atoms with Crippen LogP contribution in [0.4, 0.5) is 5.69 Å². The van der Waals surface area contributed by atoms with E-state index in [2.05, 4.69) is 31.0 Å². The molecule has 0 saturated carbocycles. The van der Waals surface area contributed by atoms with Gasteiger partial charge >= 0.3 is 0 Å². The molecular formula is C31H42N2O4. The molecule has 200 valence electrons. The maximum atomic E-state index is 13.6. The minimum atomic E-state index is -0.0813. The fourth-order valence-corrected chi connectivity index (χ4v) is 4.49. The number of benzene rings is 2. The lowest BCUT2D eigenvalue weighted by Crippen LogP contribution is -2.28. The van der Waals surface area contributed by atoms with E-state index < -0.39 is 0 Å². The third-order valence-electron chi connectivity index (χ3n) is 6.63. The van der Waals surface area contributed by atoms with Gasteiger partial charge in [0.2, 0.25) is 6.41 Å². The van der Waals surface area contributed by atoms with Gasteiger partial charge in [0.25, 0.3) is 0 Å². The molecule has 0 saturated heterocycles. The van der Waals surface area contributed by atoms with Crippen molar-refractivity contribution >= 4 is 28.8 Å². The van der Waals surface area contributed by atoms with Gasteiger partial charge in [-0.3, -0.25) is 9.59 Å². The Morgan fingerprint density at radius 1 is 0.919 bits per heavy atom. The van der Waals surface area contributed by atoms with Gasteiger partial charge in [-0.1, -0.05) is 40.0 Å². The fraction of sp³-hybridized carbons (Fsp3) is 0.484. The molecule has 0 fully saturated rings. The molecule has 0 radical (unpaired) electrons. The molecule has 0 unspecified atom stereocenters. The smallest absolute Gasteiger partial charge is 0.211 e. The zero-order valence-electron chi connectivity index (χ0n) is 22.7. The number of furan rings is 1. The van der Waals surface area contributed by atoms with Crippen molar-refractivity contribution in [3.05, 3.63) is 59.4 Å². The first kappa shape index (κ1) is 28.5. The van der Waals surface area contributed by atoms with Gasteiger partial charge in [0.1, 0.15) is 17.1 Å². The average Bonchev–Trinajstić information content (AvgIpc) is 3.28. The number of hydrogen-bond donors (Lipinski definition) is 1. The van der Waals surface area contributed by atoms with E-state index in [1.165, 1.54) is 25.7 Å². The Morgan fingerprint density at radius 2 is 1.59 bits per heavy atom. The molecule has 1 heterocycles. The van der Waals surface area contributed by atoms with E-state index in [9.17, 15) is 9.59 Å². The zero-order valence-corrected chi connectivity index (χ0v) is 22.7. The number of ether oxygens (including phenoxy) is 1. The second-order valence-corrected chi connectivity index (χ2v) is 9.58. The summed E-state index contributed by atoms with van der Waals surface area (Å²) in [5, 5.41) is 3.38. The molecule has 6 heteroatoms. The van der Waals surface area contributed by atoms with Crippen LogP contribution in [0.1, 0.15) is 87.4 Å². The average molecular weight is 507 g/mol. The van der Waals surface area contributed by atoms with Crippen LogP contribution < -0.4 is 10.1 Å². The molecule has 1 amide bonds. The molecular weight excluding hydrogens is 464 g/mol. The van der Waals surface area contributed by atoms with Crippen molar-refractivity contribution < 1.29 is 18.7 Å². The number of ketones is 1. The summed E-state index contributed by atoms with van der Waals surface area (Å²) >= 11 is 0. The molecule has 3 aromatic rings. The Morgan fingerprint density at radius 3 is 2.24 bits per heavy atom. The first-order valence-corrected chi connectivity index (χ1v) is 13.9. The van der Waals surface area contributed by atoms with Crippen LogP contribution in [-0.2, 0) is 11.2 Å². The number of hydrogen-bond acceptors (Lipinski definition) is 5. The second kappa shape index (κ2) is 15.2. The van der Waals surface area contributed by atoms with Crippen molar-refractivity contribution in [2.45, 2.75) is 72.1 Å². The summed E-state index contributed by atoms with van der Waals surface area (Å²) in [4.78, 5) is 27.1. The maximum Gasteiger partial charge on any atom is 0.211 e. The number of rotatable bonds is 18. The minimum Gasteiger partial charge on any atom is -0.494 e. The number of unbranched alkanes of at least 4 members (excludes halogenated alkanes) is 3. The monoisotopic (exact) mass is 506 g/mol. The normalized spacial score (nSPS) is 11.2. The lowest BCUT2D eigenvalue weighted by Gasteiger charge is -2.21. The first-order chi connectivity index (χ1) is 18.1. The number of nitrogens with one attached hydrogen (secondary N) is 1. The summed E-state index contributed by atoms with van der Waals surface area (Å²) in [7, 11) is 0. The predicted molar refractivity (Wildman–Crippen MR) is 151 cm³/mol.